The molecule has 1 aromatic heterocycles. The monoisotopic (exact) mass is 548 g/mol. The van der Waals surface area contributed by atoms with Crippen molar-refractivity contribution >= 4 is 11.8 Å². The first-order valence-corrected chi connectivity index (χ1v) is 13.4. The SMILES string of the molecule is COc1ccc2cc1OCC(=O)N[C@@H]1CN(Cc3cccnc3)CC[C@H]1Oc1cc(F)cc(c1)CNC(=O)CC2. The zero-order chi connectivity index (χ0) is 27.9. The lowest BCUT2D eigenvalue weighted by atomic mass is 10.0. The second-order valence-electron chi connectivity index (χ2n) is 10.1. The van der Waals surface area contributed by atoms with Crippen LogP contribution in [-0.2, 0) is 29.1 Å². The molecule has 0 saturated carbocycles. The van der Waals surface area contributed by atoms with Gasteiger partial charge in [-0.2, -0.15) is 0 Å². The predicted molar refractivity (Wildman–Crippen MR) is 146 cm³/mol. The molecule has 0 spiro atoms. The van der Waals surface area contributed by atoms with Gasteiger partial charge in [-0.1, -0.05) is 12.1 Å². The highest BCUT2D eigenvalue weighted by molar-refractivity contribution is 5.78. The number of aromatic nitrogens is 1. The van der Waals surface area contributed by atoms with Gasteiger partial charge in [-0.15, -0.1) is 0 Å². The quantitative estimate of drug-likeness (QED) is 0.519. The summed E-state index contributed by atoms with van der Waals surface area (Å²) in [5, 5.41) is 5.93. The molecule has 1 fully saturated rings. The Bertz CT molecular complexity index is 1340. The Kier molecular flexibility index (Phi) is 8.75. The lowest BCUT2D eigenvalue weighted by Gasteiger charge is -2.39. The Morgan fingerprint density at radius 1 is 1.10 bits per heavy atom. The minimum absolute atomic E-state index is 0.161. The number of nitrogens with one attached hydrogen (secondary N) is 2. The number of ether oxygens (including phenoxy) is 3. The zero-order valence-electron chi connectivity index (χ0n) is 22.4. The number of piperidine rings is 1. The van der Waals surface area contributed by atoms with Gasteiger partial charge in [0.2, 0.25) is 5.91 Å². The van der Waals surface area contributed by atoms with Crippen LogP contribution in [0.5, 0.6) is 17.2 Å². The number of hydrogen-bond donors (Lipinski definition) is 2. The number of halogens is 1. The number of hydrogen-bond acceptors (Lipinski definition) is 7. The fourth-order valence-electron chi connectivity index (χ4n) is 5.06. The molecule has 3 heterocycles. The summed E-state index contributed by atoms with van der Waals surface area (Å²) >= 11 is 0. The van der Waals surface area contributed by atoms with E-state index in [1.807, 2.05) is 24.4 Å². The Morgan fingerprint density at radius 3 is 2.83 bits per heavy atom. The van der Waals surface area contributed by atoms with Gasteiger partial charge in [0, 0.05) is 51.1 Å². The lowest BCUT2D eigenvalue weighted by molar-refractivity contribution is -0.125. The average molecular weight is 549 g/mol. The van der Waals surface area contributed by atoms with Crippen LogP contribution in [0.2, 0.25) is 0 Å². The molecule has 10 heteroatoms. The molecule has 9 nitrogen and oxygen atoms in total. The van der Waals surface area contributed by atoms with Crippen molar-refractivity contribution in [1.82, 2.24) is 20.5 Å². The van der Waals surface area contributed by atoms with Gasteiger partial charge in [0.25, 0.3) is 5.91 Å². The summed E-state index contributed by atoms with van der Waals surface area (Å²) in [4.78, 5) is 32.0. The highest BCUT2D eigenvalue weighted by Gasteiger charge is 2.32. The maximum Gasteiger partial charge on any atom is 0.258 e. The molecule has 40 heavy (non-hydrogen) atoms. The first kappa shape index (κ1) is 27.4. The number of benzene rings is 2. The molecule has 4 bridgehead atoms. The van der Waals surface area contributed by atoms with Gasteiger partial charge >= 0.3 is 0 Å². The second-order valence-corrected chi connectivity index (χ2v) is 10.1. The third-order valence-corrected chi connectivity index (χ3v) is 7.04. The van der Waals surface area contributed by atoms with Gasteiger partial charge in [-0.05, 0) is 59.9 Å². The van der Waals surface area contributed by atoms with Crippen LogP contribution >= 0.6 is 0 Å². The zero-order valence-corrected chi connectivity index (χ0v) is 22.4. The normalized spacial score (nSPS) is 20.4. The third kappa shape index (κ3) is 7.26. The highest BCUT2D eigenvalue weighted by atomic mass is 19.1. The fourth-order valence-corrected chi connectivity index (χ4v) is 5.06. The summed E-state index contributed by atoms with van der Waals surface area (Å²) in [7, 11) is 1.53. The van der Waals surface area contributed by atoms with Crippen molar-refractivity contribution in [1.29, 1.82) is 0 Å². The van der Waals surface area contributed by atoms with Crippen LogP contribution in [0.1, 0.15) is 29.5 Å². The summed E-state index contributed by atoms with van der Waals surface area (Å²) in [6.45, 7) is 1.88. The maximum absolute atomic E-state index is 14.5. The van der Waals surface area contributed by atoms with E-state index in [2.05, 4.69) is 20.5 Å². The average Bonchev–Trinajstić information content (AvgIpc) is 2.95. The van der Waals surface area contributed by atoms with Crippen molar-refractivity contribution < 1.29 is 28.2 Å². The summed E-state index contributed by atoms with van der Waals surface area (Å²) < 4.78 is 32.0. The van der Waals surface area contributed by atoms with Crippen LogP contribution in [0.15, 0.2) is 60.9 Å². The van der Waals surface area contributed by atoms with E-state index < -0.39 is 11.9 Å². The van der Waals surface area contributed by atoms with Crippen molar-refractivity contribution in [3.63, 3.8) is 0 Å². The van der Waals surface area contributed by atoms with Crippen molar-refractivity contribution in [3.05, 3.63) is 83.4 Å². The molecular weight excluding hydrogens is 515 g/mol. The van der Waals surface area contributed by atoms with Crippen LogP contribution in [0.4, 0.5) is 4.39 Å². The van der Waals surface area contributed by atoms with Crippen molar-refractivity contribution in [3.8, 4) is 17.2 Å². The standard InChI is InChI=1S/C30H33FN4O5/c1-38-27-6-4-20-5-7-29(36)33-16-22-11-23(31)14-24(12-22)40-26-8-10-35(17-21-3-2-9-32-15-21)18-25(26)34-30(37)19-39-28(27)13-20/h2-4,6,9,11-15,25-26H,5,7-8,10,16-19H2,1H3,(H,33,36)(H,34,37)/t25-,26-/m1/s1. The van der Waals surface area contributed by atoms with Crippen LogP contribution in [-0.4, -0.2) is 60.7 Å². The molecular formula is C30H33FN4O5. The van der Waals surface area contributed by atoms with Crippen molar-refractivity contribution in [2.75, 3.05) is 26.8 Å². The number of nitrogens with zero attached hydrogens (tertiary/aromatic N) is 2. The molecule has 0 radical (unpaired) electrons. The number of rotatable bonds is 3. The smallest absolute Gasteiger partial charge is 0.258 e. The number of carbonyl (C=O) groups excluding carboxylic acids is 2. The molecule has 210 valence electrons. The van der Waals surface area contributed by atoms with Crippen molar-refractivity contribution in [2.24, 2.45) is 0 Å². The molecule has 2 atom stereocenters. The Balaban J connectivity index is 1.39. The maximum atomic E-state index is 14.5. The molecule has 3 aromatic rings. The molecule has 2 amide bonds. The molecule has 0 unspecified atom stereocenters. The first-order chi connectivity index (χ1) is 19.4. The van der Waals surface area contributed by atoms with E-state index in [0.717, 1.165) is 17.7 Å². The van der Waals surface area contributed by atoms with Crippen LogP contribution in [0.25, 0.3) is 0 Å². The topological polar surface area (TPSA) is 102 Å². The van der Waals surface area contributed by atoms with Crippen LogP contribution in [0, 0.1) is 5.82 Å². The molecule has 0 aliphatic carbocycles. The molecule has 2 aromatic carbocycles. The van der Waals surface area contributed by atoms with E-state index in [0.29, 0.717) is 48.7 Å². The molecule has 2 aliphatic heterocycles. The number of likely N-dealkylation sites (tertiary alicyclic amines) is 1. The van der Waals surface area contributed by atoms with Gasteiger partial charge in [0.05, 0.1) is 13.2 Å². The van der Waals surface area contributed by atoms with Crippen LogP contribution in [0.3, 0.4) is 0 Å². The Labute approximate surface area is 232 Å². The highest BCUT2D eigenvalue weighted by Crippen LogP contribution is 2.29. The third-order valence-electron chi connectivity index (χ3n) is 7.04. The summed E-state index contributed by atoms with van der Waals surface area (Å²) in [6.07, 6.45) is 4.49. The van der Waals surface area contributed by atoms with Gasteiger partial charge in [0.1, 0.15) is 17.7 Å². The van der Waals surface area contributed by atoms with E-state index in [1.165, 1.54) is 19.2 Å². The minimum atomic E-state index is -0.454. The van der Waals surface area contributed by atoms with E-state index in [1.54, 1.807) is 24.4 Å². The fraction of sp³-hybridized carbons (Fsp3) is 0.367. The summed E-state index contributed by atoms with van der Waals surface area (Å²) in [5.41, 5.74) is 2.53. The van der Waals surface area contributed by atoms with Crippen molar-refractivity contribution in [2.45, 2.75) is 44.5 Å². The largest absolute Gasteiger partial charge is 0.493 e. The van der Waals surface area contributed by atoms with Gasteiger partial charge < -0.3 is 24.8 Å². The number of methoxy groups -OCH3 is 1. The molecule has 1 saturated heterocycles. The summed E-state index contributed by atoms with van der Waals surface area (Å²) in [6, 6.07) is 13.4. The Hall–Kier alpha value is -4.18. The second kappa shape index (κ2) is 12.8. The predicted octanol–water partition coefficient (Wildman–Crippen LogP) is 3.01. The minimum Gasteiger partial charge on any atom is -0.493 e. The number of aryl methyl sites for hydroxylation is 1. The van der Waals surface area contributed by atoms with Crippen LogP contribution < -0.4 is 24.8 Å². The van der Waals surface area contributed by atoms with E-state index in [-0.39, 0.29) is 37.4 Å². The van der Waals surface area contributed by atoms with Gasteiger partial charge in [0.15, 0.2) is 18.1 Å². The Morgan fingerprint density at radius 2 is 2.00 bits per heavy atom. The van der Waals surface area contributed by atoms with E-state index in [4.69, 9.17) is 14.2 Å². The van der Waals surface area contributed by atoms with Gasteiger partial charge in [-0.25, -0.2) is 4.39 Å². The van der Waals surface area contributed by atoms with E-state index >= 15 is 0 Å². The molecule has 2 N–H and O–H groups in total. The molecule has 5 rings (SSSR count). The summed E-state index contributed by atoms with van der Waals surface area (Å²) in [5.74, 6) is 0.353. The van der Waals surface area contributed by atoms with E-state index in [9.17, 15) is 14.0 Å². The number of fused-ring (bicyclic) bond motifs is 5. The lowest BCUT2D eigenvalue weighted by Crippen LogP contribution is -2.57. The first-order valence-electron chi connectivity index (χ1n) is 13.4. The molecule has 2 aliphatic rings. The number of carbonyl (C=O) groups is 2. The number of amides is 2. The van der Waals surface area contributed by atoms with Gasteiger partial charge in [-0.3, -0.25) is 19.5 Å². The number of pyridine rings is 1.